The summed E-state index contributed by atoms with van der Waals surface area (Å²) in [6.07, 6.45) is -1.71. The van der Waals surface area contributed by atoms with Crippen molar-refractivity contribution < 1.29 is 34.5 Å². The lowest BCUT2D eigenvalue weighted by Gasteiger charge is -2.23. The number of fused-ring (bicyclic) bond motifs is 1. The molecule has 3 aromatic rings. The predicted molar refractivity (Wildman–Crippen MR) is 131 cm³/mol. The Bertz CT molecular complexity index is 1220. The lowest BCUT2D eigenvalue weighted by Crippen LogP contribution is -2.47. The van der Waals surface area contributed by atoms with Crippen LogP contribution in [0, 0.1) is 0 Å². The topological polar surface area (TPSA) is 197 Å². The molecule has 1 heterocycles. The average Bonchev–Trinajstić information content (AvgIpc) is 3.27. The number of hydrogen-bond donors (Lipinski definition) is 7. The van der Waals surface area contributed by atoms with Crippen LogP contribution in [-0.2, 0) is 22.7 Å². The fourth-order valence-corrected chi connectivity index (χ4v) is 3.48. The van der Waals surface area contributed by atoms with Crippen molar-refractivity contribution >= 4 is 34.8 Å². The van der Waals surface area contributed by atoms with Crippen molar-refractivity contribution in [3.05, 3.63) is 65.5 Å². The minimum absolute atomic E-state index is 0.101. The maximum Gasteiger partial charge on any atom is 0.328 e. The number of aliphatic hydroxyl groups excluding tert-OH is 1. The van der Waals surface area contributed by atoms with Gasteiger partial charge in [0, 0.05) is 25.6 Å². The quantitative estimate of drug-likeness (QED) is 0.173. The summed E-state index contributed by atoms with van der Waals surface area (Å²) in [6.45, 7) is 0.752. The number of imidazole rings is 1. The highest BCUT2D eigenvalue weighted by Crippen LogP contribution is 2.14. The van der Waals surface area contributed by atoms with Crippen molar-refractivity contribution in [3.8, 4) is 0 Å². The van der Waals surface area contributed by atoms with Crippen LogP contribution in [0.2, 0.25) is 0 Å². The fourth-order valence-electron chi connectivity index (χ4n) is 3.48. The van der Waals surface area contributed by atoms with Gasteiger partial charge in [-0.05, 0) is 29.8 Å². The zero-order valence-corrected chi connectivity index (χ0v) is 20.0. The molecular formula is C24H28N6O7. The maximum atomic E-state index is 12.7. The molecule has 13 nitrogen and oxygen atoms in total. The number of aromatic amines is 1. The molecule has 0 saturated carbocycles. The Labute approximate surface area is 211 Å². The van der Waals surface area contributed by atoms with E-state index in [1.54, 1.807) is 12.1 Å². The summed E-state index contributed by atoms with van der Waals surface area (Å²) in [5.41, 5.74) is 2.48. The smallest absolute Gasteiger partial charge is 0.328 e. The van der Waals surface area contributed by atoms with Gasteiger partial charge >= 0.3 is 12.0 Å². The summed E-state index contributed by atoms with van der Waals surface area (Å²) in [6, 6.07) is 11.9. The number of urea groups is 1. The second-order valence-corrected chi connectivity index (χ2v) is 8.22. The number of carbonyl (C=O) groups is 4. The third-order valence-corrected chi connectivity index (χ3v) is 5.23. The first-order valence-corrected chi connectivity index (χ1v) is 11.3. The molecule has 1 aromatic heterocycles. The Morgan fingerprint density at radius 1 is 0.973 bits per heavy atom. The van der Waals surface area contributed by atoms with Crippen molar-refractivity contribution in [1.29, 1.82) is 0 Å². The molecule has 2 aromatic carbocycles. The molecule has 4 amide bonds. The lowest BCUT2D eigenvalue weighted by molar-refractivity contribution is -0.141. The molecule has 13 heteroatoms. The van der Waals surface area contributed by atoms with Crippen LogP contribution in [0.25, 0.3) is 11.0 Å². The molecule has 0 spiro atoms. The van der Waals surface area contributed by atoms with Gasteiger partial charge < -0.3 is 41.2 Å². The molecular weight excluding hydrogens is 484 g/mol. The summed E-state index contributed by atoms with van der Waals surface area (Å²) in [5.74, 6) is -1.81. The van der Waals surface area contributed by atoms with E-state index in [0.717, 1.165) is 11.0 Å². The van der Waals surface area contributed by atoms with Crippen LogP contribution in [0.15, 0.2) is 48.5 Å². The van der Waals surface area contributed by atoms with Crippen LogP contribution in [0.5, 0.6) is 0 Å². The third kappa shape index (κ3) is 8.02. The SMILES string of the molecule is CC(=O)NC(CNC(=O)c1ccc(CN(Cc2nc3ccccc3[nH]2)C(=O)NCC(O)O)cc1)C(=O)O. The van der Waals surface area contributed by atoms with Crippen LogP contribution in [0.3, 0.4) is 0 Å². The first kappa shape index (κ1) is 27.1. The van der Waals surface area contributed by atoms with E-state index in [4.69, 9.17) is 15.3 Å². The summed E-state index contributed by atoms with van der Waals surface area (Å²) in [4.78, 5) is 56.5. The number of amides is 4. The Hall–Kier alpha value is -4.49. The highest BCUT2D eigenvalue weighted by atomic mass is 16.5. The standard InChI is InChI=1S/C24H28N6O7/c1-14(31)27-19(23(35)36)10-25-22(34)16-8-6-15(7-9-16)12-30(24(37)26-11-21(32)33)13-20-28-17-4-2-3-5-18(17)29-20/h2-9,19,21,32-33H,10-13H2,1H3,(H,25,34)(H,26,37)(H,27,31)(H,28,29)(H,35,36). The van der Waals surface area contributed by atoms with Gasteiger partial charge in [0.1, 0.15) is 11.9 Å². The third-order valence-electron chi connectivity index (χ3n) is 5.23. The summed E-state index contributed by atoms with van der Waals surface area (Å²) in [5, 5.41) is 34.5. The predicted octanol–water partition coefficient (Wildman–Crippen LogP) is -0.0955. The number of carboxylic acids is 1. The van der Waals surface area contributed by atoms with Crippen molar-refractivity contribution in [2.45, 2.75) is 32.3 Å². The van der Waals surface area contributed by atoms with Gasteiger partial charge in [-0.25, -0.2) is 14.6 Å². The van der Waals surface area contributed by atoms with Gasteiger partial charge in [-0.3, -0.25) is 9.59 Å². The number of carboxylic acid groups (broad SMARTS) is 1. The molecule has 1 unspecified atom stereocenters. The van der Waals surface area contributed by atoms with Gasteiger partial charge in [-0.15, -0.1) is 0 Å². The van der Waals surface area contributed by atoms with Crippen LogP contribution in [0.1, 0.15) is 28.7 Å². The number of nitrogens with one attached hydrogen (secondary N) is 4. The number of nitrogens with zero attached hydrogens (tertiary/aromatic N) is 2. The van der Waals surface area contributed by atoms with E-state index in [1.165, 1.54) is 24.0 Å². The van der Waals surface area contributed by atoms with Gasteiger partial charge in [0.2, 0.25) is 5.91 Å². The number of aromatic nitrogens is 2. The van der Waals surface area contributed by atoms with E-state index >= 15 is 0 Å². The van der Waals surface area contributed by atoms with E-state index in [-0.39, 0.29) is 31.7 Å². The molecule has 0 aliphatic carbocycles. The summed E-state index contributed by atoms with van der Waals surface area (Å²) < 4.78 is 0. The molecule has 1 atom stereocenters. The molecule has 0 aliphatic heterocycles. The number of rotatable bonds is 11. The molecule has 0 fully saturated rings. The minimum atomic E-state index is -1.71. The Balaban J connectivity index is 1.68. The molecule has 0 radical (unpaired) electrons. The van der Waals surface area contributed by atoms with Gasteiger partial charge in [-0.2, -0.15) is 0 Å². The number of carbonyl (C=O) groups excluding carboxylic acids is 3. The number of H-pyrrole nitrogens is 1. The van der Waals surface area contributed by atoms with Gasteiger partial charge in [0.15, 0.2) is 6.29 Å². The number of aliphatic hydroxyl groups is 2. The van der Waals surface area contributed by atoms with Gasteiger partial charge in [0.25, 0.3) is 5.91 Å². The maximum absolute atomic E-state index is 12.7. The van der Waals surface area contributed by atoms with Crippen molar-refractivity contribution in [3.63, 3.8) is 0 Å². The second-order valence-electron chi connectivity index (χ2n) is 8.22. The first-order valence-electron chi connectivity index (χ1n) is 11.3. The Kier molecular flexibility index (Phi) is 9.13. The summed E-state index contributed by atoms with van der Waals surface area (Å²) >= 11 is 0. The Morgan fingerprint density at radius 3 is 2.30 bits per heavy atom. The normalized spacial score (nSPS) is 11.7. The Morgan fingerprint density at radius 2 is 1.68 bits per heavy atom. The van der Waals surface area contributed by atoms with Gasteiger partial charge in [-0.1, -0.05) is 24.3 Å². The molecule has 196 valence electrons. The fraction of sp³-hybridized carbons (Fsp3) is 0.292. The highest BCUT2D eigenvalue weighted by molar-refractivity contribution is 5.94. The molecule has 0 bridgehead atoms. The van der Waals surface area contributed by atoms with Crippen LogP contribution < -0.4 is 16.0 Å². The molecule has 0 aliphatic rings. The highest BCUT2D eigenvalue weighted by Gasteiger charge is 2.20. The van der Waals surface area contributed by atoms with E-state index in [9.17, 15) is 19.2 Å². The monoisotopic (exact) mass is 512 g/mol. The number of benzene rings is 2. The van der Waals surface area contributed by atoms with Gasteiger partial charge in [0.05, 0.1) is 24.1 Å². The number of para-hydroxylation sites is 2. The summed E-state index contributed by atoms with van der Waals surface area (Å²) in [7, 11) is 0. The van der Waals surface area contributed by atoms with E-state index in [1.807, 2.05) is 24.3 Å². The zero-order valence-electron chi connectivity index (χ0n) is 20.0. The minimum Gasteiger partial charge on any atom is -0.480 e. The van der Waals surface area contributed by atoms with Crippen molar-refractivity contribution in [2.75, 3.05) is 13.1 Å². The molecule has 3 rings (SSSR count). The largest absolute Gasteiger partial charge is 0.480 e. The average molecular weight is 513 g/mol. The van der Waals surface area contributed by atoms with Crippen LogP contribution >= 0.6 is 0 Å². The van der Waals surface area contributed by atoms with E-state index < -0.39 is 36.1 Å². The van der Waals surface area contributed by atoms with Crippen LogP contribution in [0.4, 0.5) is 4.79 Å². The lowest BCUT2D eigenvalue weighted by atomic mass is 10.1. The molecule has 37 heavy (non-hydrogen) atoms. The van der Waals surface area contributed by atoms with Crippen molar-refractivity contribution in [2.24, 2.45) is 0 Å². The zero-order chi connectivity index (χ0) is 26.9. The number of aliphatic carboxylic acids is 1. The molecule has 0 saturated heterocycles. The first-order chi connectivity index (χ1) is 17.6. The van der Waals surface area contributed by atoms with Crippen molar-refractivity contribution in [1.82, 2.24) is 30.8 Å². The molecule has 7 N–H and O–H groups in total. The van der Waals surface area contributed by atoms with Crippen LogP contribution in [-0.4, -0.2) is 79.4 Å². The van der Waals surface area contributed by atoms with E-state index in [0.29, 0.717) is 11.4 Å². The van der Waals surface area contributed by atoms with E-state index in [2.05, 4.69) is 25.9 Å². The second kappa shape index (κ2) is 12.5. The number of hydrogen-bond acceptors (Lipinski definition) is 7.